The molecular weight excluding hydrogens is 748 g/mol. The van der Waals surface area contributed by atoms with Crippen LogP contribution in [-0.4, -0.2) is 112 Å². The zero-order valence-corrected chi connectivity index (χ0v) is 31.5. The van der Waals surface area contributed by atoms with Gasteiger partial charge in [0.15, 0.2) is 18.3 Å². The average molecular weight is 791 g/mol. The number of carbonyl (C=O) groups is 8. The summed E-state index contributed by atoms with van der Waals surface area (Å²) in [6, 6.07) is 6.24. The Morgan fingerprint density at radius 2 is 1.36 bits per heavy atom. The van der Waals surface area contributed by atoms with Gasteiger partial charge in [0.1, 0.15) is 25.1 Å². The van der Waals surface area contributed by atoms with Crippen molar-refractivity contribution in [2.24, 2.45) is 5.92 Å². The van der Waals surface area contributed by atoms with Crippen molar-refractivity contribution in [1.29, 1.82) is 0 Å². The number of ether oxygens (including phenoxy) is 11. The summed E-state index contributed by atoms with van der Waals surface area (Å²) in [6.45, 7) is 4.48. The molecule has 2 aliphatic heterocycles. The van der Waals surface area contributed by atoms with E-state index < -0.39 is 110 Å². The largest absolute Gasteiger partial charge is 0.469 e. The Hall–Kier alpha value is -6.08. The number of carbonyl (C=O) groups excluding carboxylic acids is 8. The van der Waals surface area contributed by atoms with Crippen LogP contribution in [0.3, 0.4) is 0 Å². The lowest BCUT2D eigenvalue weighted by atomic mass is 9.86. The van der Waals surface area contributed by atoms with Crippen molar-refractivity contribution in [2.45, 2.75) is 78.0 Å². The Morgan fingerprint density at radius 1 is 0.732 bits per heavy atom. The first-order valence-corrected chi connectivity index (χ1v) is 16.8. The molecule has 0 spiro atoms. The van der Waals surface area contributed by atoms with Crippen LogP contribution in [0.1, 0.15) is 46.6 Å². The molecule has 0 aromatic heterocycles. The number of esters is 8. The lowest BCUT2D eigenvalue weighted by molar-refractivity contribution is -0.331. The second-order valence-corrected chi connectivity index (χ2v) is 11.9. The average Bonchev–Trinajstić information content (AvgIpc) is 3.12. The third kappa shape index (κ3) is 13.3. The van der Waals surface area contributed by atoms with Gasteiger partial charge in [0.05, 0.1) is 32.5 Å². The van der Waals surface area contributed by atoms with Gasteiger partial charge in [-0.05, 0) is 29.8 Å². The minimum Gasteiger partial charge on any atom is -0.469 e. The summed E-state index contributed by atoms with van der Waals surface area (Å²) in [7, 11) is 2.22. The van der Waals surface area contributed by atoms with Gasteiger partial charge in [-0.15, -0.1) is 0 Å². The van der Waals surface area contributed by atoms with Crippen molar-refractivity contribution in [3.63, 3.8) is 0 Å². The number of hydrogen-bond donors (Lipinski definition) is 0. The quantitative estimate of drug-likeness (QED) is 0.0809. The van der Waals surface area contributed by atoms with Crippen LogP contribution in [0.4, 0.5) is 0 Å². The Labute approximate surface area is 320 Å². The van der Waals surface area contributed by atoms with Gasteiger partial charge in [-0.25, -0.2) is 9.59 Å². The van der Waals surface area contributed by atoms with E-state index in [-0.39, 0.29) is 11.1 Å². The first-order chi connectivity index (χ1) is 26.5. The van der Waals surface area contributed by atoms with Crippen LogP contribution in [-0.2, 0) is 85.7 Å². The number of hydrogen-bond acceptors (Lipinski definition) is 19. The molecule has 3 rings (SSSR count). The van der Waals surface area contributed by atoms with Gasteiger partial charge in [0, 0.05) is 52.2 Å². The molecule has 1 unspecified atom stereocenters. The van der Waals surface area contributed by atoms with E-state index >= 15 is 0 Å². The second kappa shape index (κ2) is 21.1. The zero-order valence-electron chi connectivity index (χ0n) is 31.5. The summed E-state index contributed by atoms with van der Waals surface area (Å²) in [5, 5.41) is 0. The van der Waals surface area contributed by atoms with Crippen molar-refractivity contribution >= 4 is 53.8 Å². The van der Waals surface area contributed by atoms with E-state index in [1.54, 1.807) is 12.1 Å². The Kier molecular flexibility index (Phi) is 16.7. The molecule has 1 saturated heterocycles. The SMILES string of the molecule is COC(=O)CC1C(C(=O)OC)=CO[C@@H](O[C@@H]2O[C@H](COC(C)=O)[C@H](OC(C)=O)[C@H](OC(C)=O)[C@H]2OC(C)=O)/C1=C/COC(=O)/C=C\c1ccc(OC(C)=O)cc1. The van der Waals surface area contributed by atoms with Gasteiger partial charge in [0.2, 0.25) is 12.6 Å². The zero-order chi connectivity index (χ0) is 41.5. The highest BCUT2D eigenvalue weighted by atomic mass is 16.8. The van der Waals surface area contributed by atoms with E-state index in [0.29, 0.717) is 11.3 Å². The van der Waals surface area contributed by atoms with Crippen molar-refractivity contribution in [2.75, 3.05) is 27.4 Å². The summed E-state index contributed by atoms with van der Waals surface area (Å²) in [5.74, 6) is -7.23. The van der Waals surface area contributed by atoms with Crippen molar-refractivity contribution in [1.82, 2.24) is 0 Å². The Bertz CT molecular complexity index is 1720. The maximum absolute atomic E-state index is 12.9. The van der Waals surface area contributed by atoms with Crippen LogP contribution in [0, 0.1) is 5.92 Å². The highest BCUT2D eigenvalue weighted by molar-refractivity contribution is 5.91. The predicted molar refractivity (Wildman–Crippen MR) is 184 cm³/mol. The van der Waals surface area contributed by atoms with E-state index in [9.17, 15) is 38.4 Å². The molecule has 304 valence electrons. The van der Waals surface area contributed by atoms with Crippen LogP contribution in [0.25, 0.3) is 6.08 Å². The molecule has 0 saturated carbocycles. The summed E-state index contributed by atoms with van der Waals surface area (Å²) in [6.07, 6.45) is -5.12. The minimum absolute atomic E-state index is 0.00370. The molecule has 19 nitrogen and oxygen atoms in total. The first-order valence-electron chi connectivity index (χ1n) is 16.8. The van der Waals surface area contributed by atoms with Gasteiger partial charge in [-0.2, -0.15) is 0 Å². The molecule has 0 amide bonds. The van der Waals surface area contributed by atoms with Gasteiger partial charge in [-0.1, -0.05) is 12.1 Å². The Morgan fingerprint density at radius 3 is 1.93 bits per heavy atom. The standard InChI is InChI=1S/C37H42O19/c1-19(38)49-18-29-32(52-21(3)40)33(53-22(4)41)34(54-23(5)42)37(55-29)56-36-26(27(16-31(44)46-6)28(17-50-36)35(45)47-7)14-15-48-30(43)13-10-24-8-11-25(12-9-24)51-20(2)39/h8-14,17,27,29,32-34,36-37H,15-16,18H2,1-7H3/b13-10-,26-14+/t27?,29-,32+,33+,34-,36+,37+/m1/s1. The monoisotopic (exact) mass is 790 g/mol. The van der Waals surface area contributed by atoms with Crippen molar-refractivity contribution in [3.8, 4) is 5.75 Å². The first kappa shape index (κ1) is 44.3. The molecule has 0 radical (unpaired) electrons. The summed E-state index contributed by atoms with van der Waals surface area (Å²) < 4.78 is 59.4. The molecule has 1 aromatic rings. The highest BCUT2D eigenvalue weighted by Gasteiger charge is 2.54. The minimum atomic E-state index is -1.74. The number of rotatable bonds is 15. The topological polar surface area (TPSA) is 238 Å². The van der Waals surface area contributed by atoms with Crippen molar-refractivity contribution < 1.29 is 90.5 Å². The maximum Gasteiger partial charge on any atom is 0.337 e. The third-order valence-corrected chi connectivity index (χ3v) is 7.69. The number of benzene rings is 1. The molecular formula is C37H42O19. The fraction of sp³-hybridized carbons (Fsp3) is 0.459. The van der Waals surface area contributed by atoms with E-state index in [1.165, 1.54) is 31.2 Å². The van der Waals surface area contributed by atoms with Gasteiger partial charge in [0.25, 0.3) is 0 Å². The highest BCUT2D eigenvalue weighted by Crippen LogP contribution is 2.37. The van der Waals surface area contributed by atoms with Crippen LogP contribution in [0.5, 0.6) is 5.75 Å². The summed E-state index contributed by atoms with van der Waals surface area (Å²) in [5.41, 5.74) is 0.416. The van der Waals surface area contributed by atoms with Gasteiger partial charge < -0.3 is 52.1 Å². The molecule has 0 N–H and O–H groups in total. The molecule has 7 atom stereocenters. The van der Waals surface area contributed by atoms with E-state index in [0.717, 1.165) is 54.3 Å². The van der Waals surface area contributed by atoms with E-state index in [4.69, 9.17) is 52.1 Å². The lowest BCUT2D eigenvalue weighted by Gasteiger charge is -2.45. The number of methoxy groups -OCH3 is 2. The molecule has 1 fully saturated rings. The molecule has 0 aliphatic carbocycles. The predicted octanol–water partition coefficient (Wildman–Crippen LogP) is 1.79. The van der Waals surface area contributed by atoms with Crippen molar-refractivity contribution in [3.05, 3.63) is 59.4 Å². The maximum atomic E-state index is 12.9. The molecule has 56 heavy (non-hydrogen) atoms. The molecule has 2 heterocycles. The molecule has 0 bridgehead atoms. The molecule has 19 heteroatoms. The third-order valence-electron chi connectivity index (χ3n) is 7.69. The normalized spacial score (nSPS) is 23.7. The molecule has 2 aliphatic rings. The van der Waals surface area contributed by atoms with Gasteiger partial charge >= 0.3 is 47.8 Å². The van der Waals surface area contributed by atoms with Crippen LogP contribution < -0.4 is 4.74 Å². The van der Waals surface area contributed by atoms with Crippen LogP contribution >= 0.6 is 0 Å². The van der Waals surface area contributed by atoms with E-state index in [2.05, 4.69) is 0 Å². The fourth-order valence-electron chi connectivity index (χ4n) is 5.44. The smallest absolute Gasteiger partial charge is 0.337 e. The fourth-order valence-corrected chi connectivity index (χ4v) is 5.44. The Balaban J connectivity index is 2.03. The summed E-state index contributed by atoms with van der Waals surface area (Å²) >= 11 is 0. The van der Waals surface area contributed by atoms with Crippen LogP contribution in [0.15, 0.2) is 53.8 Å². The van der Waals surface area contributed by atoms with E-state index in [1.807, 2.05) is 0 Å². The lowest BCUT2D eigenvalue weighted by Crippen LogP contribution is -2.63. The molecule has 1 aromatic carbocycles. The second-order valence-electron chi connectivity index (χ2n) is 11.9. The van der Waals surface area contributed by atoms with Crippen LogP contribution in [0.2, 0.25) is 0 Å². The summed E-state index contributed by atoms with van der Waals surface area (Å²) in [4.78, 5) is 97.9. The van der Waals surface area contributed by atoms with Gasteiger partial charge in [-0.3, -0.25) is 28.8 Å².